The molecule has 0 bridgehead atoms. The zero-order valence-electron chi connectivity index (χ0n) is 17.5. The molecule has 2 amide bonds. The van der Waals surface area contributed by atoms with E-state index in [9.17, 15) is 9.59 Å². The molecule has 0 aromatic carbocycles. The summed E-state index contributed by atoms with van der Waals surface area (Å²) in [4.78, 5) is 33.2. The predicted octanol–water partition coefficient (Wildman–Crippen LogP) is 1.67. The second kappa shape index (κ2) is 9.75. The Morgan fingerprint density at radius 3 is 2.35 bits per heavy atom. The van der Waals surface area contributed by atoms with Crippen LogP contribution >= 0.6 is 24.0 Å². The van der Waals surface area contributed by atoms with E-state index in [0.717, 1.165) is 0 Å². The first-order valence-corrected chi connectivity index (χ1v) is 9.04. The molecule has 26 heavy (non-hydrogen) atoms. The van der Waals surface area contributed by atoms with Gasteiger partial charge in [0.05, 0.1) is 24.0 Å². The highest BCUT2D eigenvalue weighted by atomic mass is 127. The van der Waals surface area contributed by atoms with Crippen LogP contribution in [0.25, 0.3) is 0 Å². The van der Waals surface area contributed by atoms with Crippen molar-refractivity contribution in [3.8, 4) is 0 Å². The summed E-state index contributed by atoms with van der Waals surface area (Å²) in [7, 11) is 1.63. The van der Waals surface area contributed by atoms with E-state index in [2.05, 4.69) is 29.5 Å². The number of amides is 2. The number of nitrogens with one attached hydrogen (secondary N) is 2. The second-order valence-corrected chi connectivity index (χ2v) is 8.16. The number of carbonyl (C=O) groups excluding carboxylic acids is 2. The lowest BCUT2D eigenvalue weighted by molar-refractivity contribution is -0.145. The molecule has 1 aliphatic rings. The van der Waals surface area contributed by atoms with E-state index in [1.54, 1.807) is 7.05 Å². The van der Waals surface area contributed by atoms with Crippen LogP contribution in [0.15, 0.2) is 4.99 Å². The number of aliphatic imine (C=N–C) groups is 1. The minimum absolute atomic E-state index is 0. The smallest absolute Gasteiger partial charge is 0.242 e. The molecule has 0 atom stereocenters. The molecular weight excluding hydrogens is 445 g/mol. The van der Waals surface area contributed by atoms with Gasteiger partial charge in [-0.05, 0) is 48.5 Å². The van der Waals surface area contributed by atoms with Crippen molar-refractivity contribution in [3.63, 3.8) is 0 Å². The van der Waals surface area contributed by atoms with E-state index >= 15 is 0 Å². The summed E-state index contributed by atoms with van der Waals surface area (Å²) in [5.41, 5.74) is -0.884. The molecule has 1 fully saturated rings. The van der Waals surface area contributed by atoms with Crippen molar-refractivity contribution in [2.24, 2.45) is 10.4 Å². The van der Waals surface area contributed by atoms with Crippen molar-refractivity contribution in [2.75, 3.05) is 33.2 Å². The number of guanidine groups is 1. The molecule has 7 nitrogen and oxygen atoms in total. The van der Waals surface area contributed by atoms with Crippen molar-refractivity contribution in [1.82, 2.24) is 20.4 Å². The number of hydrogen-bond acceptors (Lipinski definition) is 3. The summed E-state index contributed by atoms with van der Waals surface area (Å²) in [5, 5.41) is 5.93. The zero-order valence-corrected chi connectivity index (χ0v) is 19.8. The largest absolute Gasteiger partial charge is 0.359 e. The summed E-state index contributed by atoms with van der Waals surface area (Å²) in [6.07, 6.45) is 0. The molecule has 0 spiro atoms. The fourth-order valence-electron chi connectivity index (χ4n) is 3.42. The number of piperazine rings is 1. The van der Waals surface area contributed by atoms with Crippen LogP contribution in [0, 0.1) is 5.41 Å². The highest BCUT2D eigenvalue weighted by Gasteiger charge is 2.41. The summed E-state index contributed by atoms with van der Waals surface area (Å²) >= 11 is 0. The average molecular weight is 481 g/mol. The first-order chi connectivity index (χ1) is 11.5. The number of nitrogens with zero attached hydrogens (tertiary/aromatic N) is 3. The van der Waals surface area contributed by atoms with Gasteiger partial charge in [0, 0.05) is 26.2 Å². The highest BCUT2D eigenvalue weighted by molar-refractivity contribution is 14.0. The molecule has 8 heteroatoms. The van der Waals surface area contributed by atoms with E-state index in [0.29, 0.717) is 32.1 Å². The third kappa shape index (κ3) is 5.99. The molecular formula is C18H36IN5O2. The van der Waals surface area contributed by atoms with Crippen molar-refractivity contribution >= 4 is 41.8 Å². The maximum atomic E-state index is 12.7. The van der Waals surface area contributed by atoms with Crippen molar-refractivity contribution < 1.29 is 9.59 Å². The number of halogens is 1. The lowest BCUT2D eigenvalue weighted by Crippen LogP contribution is -2.66. The summed E-state index contributed by atoms with van der Waals surface area (Å²) in [5.74, 6) is 0.736. The van der Waals surface area contributed by atoms with E-state index in [1.807, 2.05) is 44.4 Å². The Balaban J connectivity index is 0.00000625. The minimum Gasteiger partial charge on any atom is -0.359 e. The summed E-state index contributed by atoms with van der Waals surface area (Å²) in [6, 6.07) is 0.163. The molecule has 0 unspecified atom stereocenters. The molecule has 1 saturated heterocycles. The van der Waals surface area contributed by atoms with E-state index in [1.165, 1.54) is 0 Å². The molecule has 0 aromatic rings. The Kier molecular flexibility index (Phi) is 9.36. The summed E-state index contributed by atoms with van der Waals surface area (Å²) < 4.78 is 0. The topological polar surface area (TPSA) is 77.0 Å². The Morgan fingerprint density at radius 1 is 1.35 bits per heavy atom. The van der Waals surface area contributed by atoms with Gasteiger partial charge in [-0.15, -0.1) is 24.0 Å². The van der Waals surface area contributed by atoms with Gasteiger partial charge in [0.1, 0.15) is 0 Å². The minimum atomic E-state index is -0.602. The highest BCUT2D eigenvalue weighted by Crippen LogP contribution is 2.24. The van der Waals surface area contributed by atoms with Gasteiger partial charge in [-0.1, -0.05) is 0 Å². The van der Waals surface area contributed by atoms with Gasteiger partial charge in [0.15, 0.2) is 5.96 Å². The van der Waals surface area contributed by atoms with E-state index in [4.69, 9.17) is 0 Å². The van der Waals surface area contributed by atoms with Crippen LogP contribution < -0.4 is 10.6 Å². The molecule has 0 saturated carbocycles. The van der Waals surface area contributed by atoms with E-state index < -0.39 is 5.41 Å². The first kappa shape index (κ1) is 24.9. The Morgan fingerprint density at radius 2 is 1.92 bits per heavy atom. The van der Waals surface area contributed by atoms with Crippen LogP contribution in [0.3, 0.4) is 0 Å². The van der Waals surface area contributed by atoms with Crippen LogP contribution in [0.5, 0.6) is 0 Å². The van der Waals surface area contributed by atoms with Gasteiger partial charge >= 0.3 is 0 Å². The predicted molar refractivity (Wildman–Crippen MR) is 117 cm³/mol. The summed E-state index contributed by atoms with van der Waals surface area (Å²) in [6.45, 7) is 16.0. The van der Waals surface area contributed by atoms with E-state index in [-0.39, 0.29) is 47.4 Å². The Hall–Kier alpha value is -1.06. The Labute approximate surface area is 175 Å². The average Bonchev–Trinajstić information content (AvgIpc) is 2.48. The van der Waals surface area contributed by atoms with Gasteiger partial charge < -0.3 is 20.4 Å². The van der Waals surface area contributed by atoms with Crippen LogP contribution in [0.1, 0.15) is 48.5 Å². The van der Waals surface area contributed by atoms with Crippen LogP contribution in [-0.4, -0.2) is 72.4 Å². The van der Waals surface area contributed by atoms with Gasteiger partial charge in [0.2, 0.25) is 11.8 Å². The SMILES string of the molecule is CCNC(=NCC(C)(C)C(=O)NC)N1CC(=O)N(C(C)C)C(C)(C)C1.I. The lowest BCUT2D eigenvalue weighted by Gasteiger charge is -2.49. The third-order valence-corrected chi connectivity index (χ3v) is 4.44. The molecule has 152 valence electrons. The molecule has 1 heterocycles. The van der Waals surface area contributed by atoms with Gasteiger partial charge in [0.25, 0.3) is 0 Å². The zero-order chi connectivity index (χ0) is 19.4. The number of hydrogen-bond donors (Lipinski definition) is 2. The van der Waals surface area contributed by atoms with Crippen molar-refractivity contribution in [1.29, 1.82) is 0 Å². The normalized spacial score (nSPS) is 17.9. The first-order valence-electron chi connectivity index (χ1n) is 9.04. The molecule has 1 aliphatic heterocycles. The second-order valence-electron chi connectivity index (χ2n) is 8.16. The quantitative estimate of drug-likeness (QED) is 0.356. The molecule has 0 aliphatic carbocycles. The maximum absolute atomic E-state index is 12.7. The van der Waals surface area contributed by atoms with Crippen LogP contribution in [0.4, 0.5) is 0 Å². The monoisotopic (exact) mass is 481 g/mol. The molecule has 0 aromatic heterocycles. The fourth-order valence-corrected chi connectivity index (χ4v) is 3.42. The number of rotatable bonds is 5. The lowest BCUT2D eigenvalue weighted by atomic mass is 9.92. The molecule has 1 rings (SSSR count). The number of carbonyl (C=O) groups is 2. The van der Waals surface area contributed by atoms with Gasteiger partial charge in [-0.2, -0.15) is 0 Å². The van der Waals surface area contributed by atoms with Gasteiger partial charge in [-0.3, -0.25) is 14.6 Å². The van der Waals surface area contributed by atoms with Crippen molar-refractivity contribution in [2.45, 2.75) is 60.0 Å². The van der Waals surface area contributed by atoms with Gasteiger partial charge in [-0.25, -0.2) is 0 Å². The van der Waals surface area contributed by atoms with Crippen LogP contribution in [0.2, 0.25) is 0 Å². The maximum Gasteiger partial charge on any atom is 0.242 e. The fraction of sp³-hybridized carbons (Fsp3) is 0.833. The Bertz CT molecular complexity index is 532. The molecule has 2 N–H and O–H groups in total. The standard InChI is InChI=1S/C18H35N5O2.HI/c1-9-20-16(21-11-17(4,5)15(25)19-8)22-10-14(24)23(13(2)3)18(6,7)12-22;/h13H,9-12H2,1-8H3,(H,19,25)(H,20,21);1H. The molecule has 0 radical (unpaired) electrons. The van der Waals surface area contributed by atoms with Crippen molar-refractivity contribution in [3.05, 3.63) is 0 Å². The van der Waals surface area contributed by atoms with Crippen LogP contribution in [-0.2, 0) is 9.59 Å². The third-order valence-electron chi connectivity index (χ3n) is 4.44.